The molecule has 5 nitrogen and oxygen atoms in total. The molecule has 0 aromatic carbocycles. The number of esters is 1. The Morgan fingerprint density at radius 1 is 1.37 bits per heavy atom. The molecule has 0 atom stereocenters. The summed E-state index contributed by atoms with van der Waals surface area (Å²) < 4.78 is 5.82. The Hall–Kier alpha value is -1.43. The summed E-state index contributed by atoms with van der Waals surface area (Å²) in [6.45, 7) is 5.37. The van der Waals surface area contributed by atoms with Crippen LogP contribution in [0.2, 0.25) is 0 Å². The fourth-order valence-corrected chi connectivity index (χ4v) is 1.65. The zero-order chi connectivity index (χ0) is 14.5. The van der Waals surface area contributed by atoms with E-state index in [-0.39, 0.29) is 24.7 Å². The number of ether oxygens (including phenoxy) is 1. The molecule has 0 radical (unpaired) electrons. The first-order chi connectivity index (χ1) is 8.78. The number of nitrogens with zero attached hydrogens (tertiary/aromatic N) is 1. The summed E-state index contributed by atoms with van der Waals surface area (Å²) in [5.41, 5.74) is 0.103. The van der Waals surface area contributed by atoms with E-state index in [1.165, 1.54) is 0 Å². The first kappa shape index (κ1) is 15.6. The topological polar surface area (TPSA) is 68.3 Å². The minimum atomic E-state index is -0.526. The van der Waals surface area contributed by atoms with Crippen molar-refractivity contribution in [3.63, 3.8) is 0 Å². The Morgan fingerprint density at radius 2 is 2.05 bits per heavy atom. The van der Waals surface area contributed by atoms with Gasteiger partial charge in [0.25, 0.3) is 0 Å². The van der Waals surface area contributed by atoms with E-state index in [1.54, 1.807) is 39.2 Å². The van der Waals surface area contributed by atoms with Crippen molar-refractivity contribution in [3.8, 4) is 0 Å². The van der Waals surface area contributed by atoms with Gasteiger partial charge in [0.1, 0.15) is 5.60 Å². The maximum Gasteiger partial charge on any atom is 0.306 e. The van der Waals surface area contributed by atoms with Crippen molar-refractivity contribution < 1.29 is 14.3 Å². The normalized spacial score (nSPS) is 10.9. The first-order valence-corrected chi connectivity index (χ1v) is 6.68. The van der Waals surface area contributed by atoms with Gasteiger partial charge in [-0.15, -0.1) is 0 Å². The lowest BCUT2D eigenvalue weighted by Crippen LogP contribution is -2.24. The van der Waals surface area contributed by atoms with Crippen LogP contribution in [0.5, 0.6) is 0 Å². The van der Waals surface area contributed by atoms with E-state index < -0.39 is 5.60 Å². The molecule has 1 N–H and O–H groups in total. The molecule has 6 heteroatoms. The summed E-state index contributed by atoms with van der Waals surface area (Å²) >= 11 is 3.28. The average molecular weight is 329 g/mol. The summed E-state index contributed by atoms with van der Waals surface area (Å²) in [5, 5.41) is 2.69. The van der Waals surface area contributed by atoms with E-state index in [1.807, 2.05) is 0 Å². The van der Waals surface area contributed by atoms with Gasteiger partial charge in [0.05, 0.1) is 16.6 Å². The van der Waals surface area contributed by atoms with Crippen molar-refractivity contribution in [2.45, 2.75) is 39.2 Å². The predicted molar refractivity (Wildman–Crippen MR) is 75.6 cm³/mol. The van der Waals surface area contributed by atoms with Crippen LogP contribution in [-0.2, 0) is 14.3 Å². The van der Waals surface area contributed by atoms with Crippen LogP contribution in [0.25, 0.3) is 0 Å². The highest BCUT2D eigenvalue weighted by atomic mass is 79.9. The summed E-state index contributed by atoms with van der Waals surface area (Å²) in [4.78, 5) is 27.0. The van der Waals surface area contributed by atoms with E-state index in [2.05, 4.69) is 26.2 Å². The van der Waals surface area contributed by atoms with E-state index >= 15 is 0 Å². The smallest absolute Gasteiger partial charge is 0.306 e. The highest BCUT2D eigenvalue weighted by Crippen LogP contribution is 2.20. The SMILES string of the molecule is CC(C)(C)OC(=O)CCC(=O)Nc1ccncc1Br. The van der Waals surface area contributed by atoms with Crippen LogP contribution in [0.4, 0.5) is 5.69 Å². The molecule has 104 valence electrons. The van der Waals surface area contributed by atoms with Crippen molar-refractivity contribution >= 4 is 33.5 Å². The fraction of sp³-hybridized carbons (Fsp3) is 0.462. The molecule has 0 fully saturated rings. The second-order valence-electron chi connectivity index (χ2n) is 4.99. The Balaban J connectivity index is 2.41. The van der Waals surface area contributed by atoms with Gasteiger partial charge >= 0.3 is 5.97 Å². The van der Waals surface area contributed by atoms with Crippen molar-refractivity contribution in [3.05, 3.63) is 22.9 Å². The number of amides is 1. The van der Waals surface area contributed by atoms with Crippen molar-refractivity contribution in [2.75, 3.05) is 5.32 Å². The van der Waals surface area contributed by atoms with Gasteiger partial charge < -0.3 is 10.1 Å². The number of anilines is 1. The number of hydrogen-bond acceptors (Lipinski definition) is 4. The molecule has 0 spiro atoms. The van der Waals surface area contributed by atoms with Crippen molar-refractivity contribution in [1.82, 2.24) is 4.98 Å². The van der Waals surface area contributed by atoms with Crippen LogP contribution in [0.3, 0.4) is 0 Å². The molecular weight excluding hydrogens is 312 g/mol. The van der Waals surface area contributed by atoms with E-state index in [9.17, 15) is 9.59 Å². The van der Waals surface area contributed by atoms with Gasteiger partial charge in [-0.1, -0.05) is 0 Å². The third-order valence-electron chi connectivity index (χ3n) is 2.02. The van der Waals surface area contributed by atoms with Gasteiger partial charge in [-0.25, -0.2) is 0 Å². The van der Waals surface area contributed by atoms with Gasteiger partial charge in [0.15, 0.2) is 0 Å². The summed E-state index contributed by atoms with van der Waals surface area (Å²) in [5.74, 6) is -0.616. The van der Waals surface area contributed by atoms with Gasteiger partial charge in [0, 0.05) is 18.8 Å². The lowest BCUT2D eigenvalue weighted by atomic mass is 10.2. The molecule has 0 aliphatic heterocycles. The number of aromatic nitrogens is 1. The molecule has 0 unspecified atom stereocenters. The largest absolute Gasteiger partial charge is 0.460 e. The summed E-state index contributed by atoms with van der Waals surface area (Å²) in [7, 11) is 0. The molecule has 0 bridgehead atoms. The number of pyridine rings is 1. The van der Waals surface area contributed by atoms with Gasteiger partial charge in [-0.2, -0.15) is 0 Å². The maximum absolute atomic E-state index is 11.7. The Bertz CT molecular complexity index is 469. The first-order valence-electron chi connectivity index (χ1n) is 5.89. The van der Waals surface area contributed by atoms with Crippen molar-refractivity contribution in [2.24, 2.45) is 0 Å². The Morgan fingerprint density at radius 3 is 2.63 bits per heavy atom. The second-order valence-corrected chi connectivity index (χ2v) is 5.84. The molecule has 1 aromatic rings. The van der Waals surface area contributed by atoms with Crippen LogP contribution in [-0.4, -0.2) is 22.5 Å². The highest BCUT2D eigenvalue weighted by Gasteiger charge is 2.17. The van der Waals surface area contributed by atoms with Crippen LogP contribution in [0.1, 0.15) is 33.6 Å². The van der Waals surface area contributed by atoms with Gasteiger partial charge in [0.2, 0.25) is 5.91 Å². The molecular formula is C13H17BrN2O3. The van der Waals surface area contributed by atoms with E-state index in [0.717, 1.165) is 0 Å². The number of carbonyl (C=O) groups excluding carboxylic acids is 2. The molecule has 0 aliphatic carbocycles. The minimum Gasteiger partial charge on any atom is -0.460 e. The van der Waals surface area contributed by atoms with Crippen molar-refractivity contribution in [1.29, 1.82) is 0 Å². The molecule has 0 saturated carbocycles. The third kappa shape index (κ3) is 6.33. The summed E-state index contributed by atoms with van der Waals surface area (Å²) in [6.07, 6.45) is 3.31. The fourth-order valence-electron chi connectivity index (χ4n) is 1.30. The second kappa shape index (κ2) is 6.65. The predicted octanol–water partition coefficient (Wildman–Crippen LogP) is 2.90. The van der Waals surface area contributed by atoms with Crippen LogP contribution in [0.15, 0.2) is 22.9 Å². The number of nitrogens with one attached hydrogen (secondary N) is 1. The average Bonchev–Trinajstić information content (AvgIpc) is 2.27. The number of hydrogen-bond donors (Lipinski definition) is 1. The standard InChI is InChI=1S/C13H17BrN2O3/c1-13(2,3)19-12(18)5-4-11(17)16-10-6-7-15-8-9(10)14/h6-8H,4-5H2,1-3H3,(H,15,16,17). The molecule has 19 heavy (non-hydrogen) atoms. The highest BCUT2D eigenvalue weighted by molar-refractivity contribution is 9.10. The number of carbonyl (C=O) groups is 2. The quantitative estimate of drug-likeness (QED) is 0.863. The molecule has 0 aliphatic rings. The Labute approximate surface area is 120 Å². The van der Waals surface area contributed by atoms with Gasteiger partial charge in [-0.3, -0.25) is 14.6 Å². The molecule has 1 heterocycles. The molecule has 1 rings (SSSR count). The maximum atomic E-state index is 11.7. The zero-order valence-electron chi connectivity index (χ0n) is 11.2. The zero-order valence-corrected chi connectivity index (χ0v) is 12.8. The van der Waals surface area contributed by atoms with Crippen LogP contribution in [0, 0.1) is 0 Å². The monoisotopic (exact) mass is 328 g/mol. The molecule has 1 amide bonds. The number of halogens is 1. The molecule has 0 saturated heterocycles. The lowest BCUT2D eigenvalue weighted by molar-refractivity contribution is -0.155. The van der Waals surface area contributed by atoms with Crippen LogP contribution < -0.4 is 5.32 Å². The van der Waals surface area contributed by atoms with E-state index in [4.69, 9.17) is 4.74 Å². The summed E-state index contributed by atoms with van der Waals surface area (Å²) in [6, 6.07) is 1.68. The van der Waals surface area contributed by atoms with Crippen LogP contribution >= 0.6 is 15.9 Å². The third-order valence-corrected chi connectivity index (χ3v) is 2.65. The minimum absolute atomic E-state index is 0.0613. The number of rotatable bonds is 4. The van der Waals surface area contributed by atoms with E-state index in [0.29, 0.717) is 10.2 Å². The molecule has 1 aromatic heterocycles. The van der Waals surface area contributed by atoms with Gasteiger partial charge in [-0.05, 0) is 42.8 Å². The Kier molecular flexibility index (Phi) is 5.47. The lowest BCUT2D eigenvalue weighted by Gasteiger charge is -2.19.